The maximum atomic E-state index is 6.01. The van der Waals surface area contributed by atoms with E-state index in [2.05, 4.69) is 32.9 Å². The largest absolute Gasteiger partial charge is 0.0843 e. The van der Waals surface area contributed by atoms with Crippen LogP contribution in [0.5, 0.6) is 0 Å². The van der Waals surface area contributed by atoms with Crippen molar-refractivity contribution in [3.63, 3.8) is 0 Å². The van der Waals surface area contributed by atoms with Gasteiger partial charge in [0.1, 0.15) is 0 Å². The summed E-state index contributed by atoms with van der Waals surface area (Å²) in [5.74, 6) is 0. The average Bonchev–Trinajstić information content (AvgIpc) is 2.29. The molecule has 1 fully saturated rings. The van der Waals surface area contributed by atoms with Gasteiger partial charge in [-0.2, -0.15) is 0 Å². The summed E-state index contributed by atoms with van der Waals surface area (Å²) in [5, 5.41) is 0.841. The van der Waals surface area contributed by atoms with Crippen molar-refractivity contribution in [3.05, 3.63) is 34.9 Å². The van der Waals surface area contributed by atoms with Crippen molar-refractivity contribution in [1.82, 2.24) is 0 Å². The van der Waals surface area contributed by atoms with E-state index >= 15 is 0 Å². The number of rotatable bonds is 1. The Hall–Kier alpha value is -0.490. The molecule has 1 heteroatoms. The van der Waals surface area contributed by atoms with Gasteiger partial charge in [0.2, 0.25) is 0 Å². The zero-order valence-corrected chi connectivity index (χ0v) is 12.0. The smallest absolute Gasteiger partial charge is 0.0406 e. The van der Waals surface area contributed by atoms with E-state index in [-0.39, 0.29) is 0 Å². The summed E-state index contributed by atoms with van der Waals surface area (Å²) in [6, 6.07) is 8.55. The van der Waals surface area contributed by atoms with Gasteiger partial charge in [-0.3, -0.25) is 0 Å². The van der Waals surface area contributed by atoms with E-state index in [1.165, 1.54) is 37.7 Å². The second-order valence-electron chi connectivity index (χ2n) is 6.40. The molecule has 0 saturated heterocycles. The van der Waals surface area contributed by atoms with Crippen molar-refractivity contribution < 1.29 is 0 Å². The highest BCUT2D eigenvalue weighted by Gasteiger charge is 2.43. The van der Waals surface area contributed by atoms with E-state index in [0.29, 0.717) is 10.8 Å². The van der Waals surface area contributed by atoms with E-state index in [4.69, 9.17) is 11.6 Å². The Morgan fingerprint density at radius 1 is 0.941 bits per heavy atom. The molecular weight excluding hydrogens is 228 g/mol. The predicted molar refractivity (Wildman–Crippen MR) is 75.7 cm³/mol. The molecule has 0 N–H and O–H groups in total. The molecule has 0 radical (unpaired) electrons. The Balaban J connectivity index is 2.43. The van der Waals surface area contributed by atoms with Crippen LogP contribution < -0.4 is 0 Å². The molecule has 0 unspecified atom stereocenters. The summed E-state index contributed by atoms with van der Waals surface area (Å²) in [6.45, 7) is 7.15. The zero-order valence-electron chi connectivity index (χ0n) is 11.2. The maximum Gasteiger partial charge on any atom is 0.0406 e. The highest BCUT2D eigenvalue weighted by atomic mass is 35.5. The first-order valence-electron chi connectivity index (χ1n) is 6.72. The van der Waals surface area contributed by atoms with Crippen molar-refractivity contribution in [2.75, 3.05) is 0 Å². The van der Waals surface area contributed by atoms with Crippen LogP contribution in [-0.2, 0) is 5.41 Å². The molecule has 94 valence electrons. The summed E-state index contributed by atoms with van der Waals surface area (Å²) < 4.78 is 0. The molecule has 1 aliphatic carbocycles. The minimum Gasteiger partial charge on any atom is -0.0843 e. The van der Waals surface area contributed by atoms with E-state index < -0.39 is 0 Å². The fourth-order valence-electron chi connectivity index (χ4n) is 3.40. The van der Waals surface area contributed by atoms with Crippen LogP contribution in [0.4, 0.5) is 0 Å². The van der Waals surface area contributed by atoms with Crippen LogP contribution in [0, 0.1) is 5.41 Å². The standard InChI is InChI=1S/C16H23Cl/c1-15(2,3)16(11-5-4-6-12-16)13-7-9-14(17)10-8-13/h7-10H,4-6,11-12H2,1-3H3. The van der Waals surface area contributed by atoms with Crippen molar-refractivity contribution in [2.45, 2.75) is 58.3 Å². The van der Waals surface area contributed by atoms with Crippen molar-refractivity contribution in [3.8, 4) is 0 Å². The van der Waals surface area contributed by atoms with Gasteiger partial charge in [-0.25, -0.2) is 0 Å². The van der Waals surface area contributed by atoms with Crippen LogP contribution in [-0.4, -0.2) is 0 Å². The minimum atomic E-state index is 0.321. The first-order chi connectivity index (χ1) is 7.96. The Labute approximate surface area is 110 Å². The normalized spacial score (nSPS) is 20.2. The van der Waals surface area contributed by atoms with Gasteiger partial charge in [0.15, 0.2) is 0 Å². The molecule has 17 heavy (non-hydrogen) atoms. The second kappa shape index (κ2) is 4.65. The zero-order chi connectivity index (χ0) is 12.5. The number of hydrogen-bond donors (Lipinski definition) is 0. The van der Waals surface area contributed by atoms with Gasteiger partial charge in [0.25, 0.3) is 0 Å². The molecule has 0 atom stereocenters. The van der Waals surface area contributed by atoms with Crippen LogP contribution in [0.25, 0.3) is 0 Å². The molecular formula is C16H23Cl. The topological polar surface area (TPSA) is 0 Å². The van der Waals surface area contributed by atoms with Crippen LogP contribution >= 0.6 is 11.6 Å². The Bertz CT molecular complexity index is 364. The molecule has 1 aromatic carbocycles. The third-order valence-electron chi connectivity index (χ3n) is 4.54. The summed E-state index contributed by atoms with van der Waals surface area (Å²) in [6.07, 6.45) is 6.75. The summed E-state index contributed by atoms with van der Waals surface area (Å²) in [5.41, 5.74) is 2.14. The van der Waals surface area contributed by atoms with Gasteiger partial charge in [-0.1, -0.05) is 63.8 Å². The van der Waals surface area contributed by atoms with E-state index in [9.17, 15) is 0 Å². The van der Waals surface area contributed by atoms with Crippen LogP contribution in [0.1, 0.15) is 58.4 Å². The number of hydrogen-bond acceptors (Lipinski definition) is 0. The summed E-state index contributed by atoms with van der Waals surface area (Å²) in [7, 11) is 0. The predicted octanol–water partition coefficient (Wildman–Crippen LogP) is 5.59. The summed E-state index contributed by atoms with van der Waals surface area (Å²) >= 11 is 6.01. The average molecular weight is 251 g/mol. The van der Waals surface area contributed by atoms with Gasteiger partial charge < -0.3 is 0 Å². The van der Waals surface area contributed by atoms with E-state index in [1.807, 2.05) is 12.1 Å². The lowest BCUT2D eigenvalue weighted by atomic mass is 9.56. The van der Waals surface area contributed by atoms with Crippen LogP contribution in [0.3, 0.4) is 0 Å². The van der Waals surface area contributed by atoms with Crippen LogP contribution in [0.2, 0.25) is 5.02 Å². The summed E-state index contributed by atoms with van der Waals surface area (Å²) in [4.78, 5) is 0. The number of benzene rings is 1. The van der Waals surface area contributed by atoms with Crippen LogP contribution in [0.15, 0.2) is 24.3 Å². The molecule has 0 nitrogen and oxygen atoms in total. The Kier molecular flexibility index (Phi) is 3.54. The molecule has 1 saturated carbocycles. The van der Waals surface area contributed by atoms with Gasteiger partial charge in [-0.15, -0.1) is 0 Å². The monoisotopic (exact) mass is 250 g/mol. The van der Waals surface area contributed by atoms with Gasteiger partial charge >= 0.3 is 0 Å². The molecule has 0 aromatic heterocycles. The van der Waals surface area contributed by atoms with Crippen molar-refractivity contribution >= 4 is 11.6 Å². The van der Waals surface area contributed by atoms with Crippen molar-refractivity contribution in [1.29, 1.82) is 0 Å². The SMILES string of the molecule is CC(C)(C)C1(c2ccc(Cl)cc2)CCCCC1. The van der Waals surface area contributed by atoms with E-state index in [1.54, 1.807) is 0 Å². The molecule has 0 spiro atoms. The fraction of sp³-hybridized carbons (Fsp3) is 0.625. The first-order valence-corrected chi connectivity index (χ1v) is 7.10. The van der Waals surface area contributed by atoms with Crippen molar-refractivity contribution in [2.24, 2.45) is 5.41 Å². The third-order valence-corrected chi connectivity index (χ3v) is 4.79. The van der Waals surface area contributed by atoms with E-state index in [0.717, 1.165) is 5.02 Å². The highest BCUT2D eigenvalue weighted by molar-refractivity contribution is 6.30. The lowest BCUT2D eigenvalue weighted by Gasteiger charge is -2.48. The quantitative estimate of drug-likeness (QED) is 0.610. The third kappa shape index (κ3) is 2.38. The fourth-order valence-corrected chi connectivity index (χ4v) is 3.52. The molecule has 0 amide bonds. The molecule has 0 bridgehead atoms. The van der Waals surface area contributed by atoms with Gasteiger partial charge in [0.05, 0.1) is 0 Å². The van der Waals surface area contributed by atoms with Gasteiger partial charge in [0, 0.05) is 10.4 Å². The maximum absolute atomic E-state index is 6.01. The van der Waals surface area contributed by atoms with Gasteiger partial charge in [-0.05, 0) is 36.0 Å². The molecule has 2 rings (SSSR count). The lowest BCUT2D eigenvalue weighted by molar-refractivity contribution is 0.126. The highest BCUT2D eigenvalue weighted by Crippen LogP contribution is 2.51. The Morgan fingerprint density at radius 2 is 1.47 bits per heavy atom. The first kappa shape index (κ1) is 13.0. The molecule has 0 heterocycles. The lowest BCUT2D eigenvalue weighted by Crippen LogP contribution is -2.41. The molecule has 0 aliphatic heterocycles. The number of halogens is 1. The second-order valence-corrected chi connectivity index (χ2v) is 6.84. The Morgan fingerprint density at radius 3 is 1.94 bits per heavy atom. The molecule has 1 aromatic rings. The molecule has 1 aliphatic rings. The minimum absolute atomic E-state index is 0.321.